The summed E-state index contributed by atoms with van der Waals surface area (Å²) in [6.07, 6.45) is 0.445. The fraction of sp³-hybridized carbons (Fsp3) is 0.571. The molecule has 0 fully saturated rings. The Kier molecular flexibility index (Phi) is 7.82. The van der Waals surface area contributed by atoms with Gasteiger partial charge in [0.15, 0.2) is 0 Å². The molecule has 4 nitrogen and oxygen atoms in total. The van der Waals surface area contributed by atoms with Crippen molar-refractivity contribution in [3.63, 3.8) is 0 Å². The number of ether oxygens (including phenoxy) is 2. The summed E-state index contributed by atoms with van der Waals surface area (Å²) in [6.45, 7) is 2.49. The Hall–Kier alpha value is -0.810. The molecule has 0 aliphatic carbocycles. The molecule has 0 saturated carbocycles. The molecule has 0 aliphatic heterocycles. The van der Waals surface area contributed by atoms with Crippen molar-refractivity contribution in [3.8, 4) is 5.75 Å². The number of hydrogen-bond donors (Lipinski definition) is 1. The van der Waals surface area contributed by atoms with Crippen molar-refractivity contribution >= 4 is 11.6 Å². The molecule has 0 radical (unpaired) electrons. The third-order valence-electron chi connectivity index (χ3n) is 2.67. The molecule has 0 spiro atoms. The summed E-state index contributed by atoms with van der Waals surface area (Å²) in [5, 5.41) is 10.5. The zero-order valence-corrected chi connectivity index (χ0v) is 12.3. The van der Waals surface area contributed by atoms with Gasteiger partial charge in [-0.25, -0.2) is 0 Å². The van der Waals surface area contributed by atoms with Crippen LogP contribution in [-0.2, 0) is 4.74 Å². The standard InChI is InChI=1S/C14H22ClNO3/c1-16(8-3-9-18-2)10-13(17)11-19-14-6-4-12(15)5-7-14/h4-7,13,17H,3,8-11H2,1-2H3. The Labute approximate surface area is 119 Å². The van der Waals surface area contributed by atoms with Crippen LogP contribution in [0.1, 0.15) is 6.42 Å². The van der Waals surface area contributed by atoms with Crippen molar-refractivity contribution in [3.05, 3.63) is 29.3 Å². The molecule has 1 N–H and O–H groups in total. The van der Waals surface area contributed by atoms with E-state index in [0.29, 0.717) is 17.3 Å². The Bertz CT molecular complexity index is 345. The Morgan fingerprint density at radius 1 is 1.32 bits per heavy atom. The molecule has 108 valence electrons. The summed E-state index contributed by atoms with van der Waals surface area (Å²) in [4.78, 5) is 2.06. The van der Waals surface area contributed by atoms with Gasteiger partial charge < -0.3 is 19.5 Å². The average molecular weight is 288 g/mol. The molecular formula is C14H22ClNO3. The lowest BCUT2D eigenvalue weighted by Crippen LogP contribution is -2.34. The van der Waals surface area contributed by atoms with E-state index >= 15 is 0 Å². The van der Waals surface area contributed by atoms with Gasteiger partial charge in [0.2, 0.25) is 0 Å². The van der Waals surface area contributed by atoms with Crippen molar-refractivity contribution in [2.45, 2.75) is 12.5 Å². The predicted octanol–water partition coefficient (Wildman–Crippen LogP) is 2.05. The van der Waals surface area contributed by atoms with Gasteiger partial charge in [-0.3, -0.25) is 0 Å². The first-order valence-corrected chi connectivity index (χ1v) is 6.73. The van der Waals surface area contributed by atoms with E-state index in [1.807, 2.05) is 7.05 Å². The maximum absolute atomic E-state index is 9.87. The third kappa shape index (κ3) is 7.38. The van der Waals surface area contributed by atoms with Crippen LogP contribution in [0.3, 0.4) is 0 Å². The lowest BCUT2D eigenvalue weighted by molar-refractivity contribution is 0.0732. The fourth-order valence-electron chi connectivity index (χ4n) is 1.71. The molecule has 0 amide bonds. The number of methoxy groups -OCH3 is 1. The van der Waals surface area contributed by atoms with E-state index in [1.54, 1.807) is 31.4 Å². The quantitative estimate of drug-likeness (QED) is 0.706. The van der Waals surface area contributed by atoms with Crippen LogP contribution in [0, 0.1) is 0 Å². The Morgan fingerprint density at radius 3 is 2.63 bits per heavy atom. The molecule has 1 rings (SSSR count). The largest absolute Gasteiger partial charge is 0.491 e. The third-order valence-corrected chi connectivity index (χ3v) is 2.92. The van der Waals surface area contributed by atoms with Crippen LogP contribution in [0.5, 0.6) is 5.75 Å². The molecule has 5 heteroatoms. The highest BCUT2D eigenvalue weighted by atomic mass is 35.5. The fourth-order valence-corrected chi connectivity index (χ4v) is 1.83. The van der Waals surface area contributed by atoms with Gasteiger partial charge in [0.25, 0.3) is 0 Å². The van der Waals surface area contributed by atoms with Gasteiger partial charge in [-0.15, -0.1) is 0 Å². The highest BCUT2D eigenvalue weighted by molar-refractivity contribution is 6.30. The number of rotatable bonds is 9. The van der Waals surface area contributed by atoms with E-state index in [-0.39, 0.29) is 6.61 Å². The van der Waals surface area contributed by atoms with E-state index in [9.17, 15) is 5.11 Å². The number of aliphatic hydroxyl groups excluding tert-OH is 1. The number of aliphatic hydroxyl groups is 1. The molecular weight excluding hydrogens is 266 g/mol. The lowest BCUT2D eigenvalue weighted by atomic mass is 10.3. The summed E-state index contributed by atoms with van der Waals surface area (Å²) >= 11 is 5.78. The second-order valence-electron chi connectivity index (χ2n) is 4.53. The van der Waals surface area contributed by atoms with Crippen LogP contribution >= 0.6 is 11.6 Å². The van der Waals surface area contributed by atoms with E-state index in [4.69, 9.17) is 21.1 Å². The van der Waals surface area contributed by atoms with Gasteiger partial charge in [0, 0.05) is 31.8 Å². The van der Waals surface area contributed by atoms with Crippen molar-refractivity contribution < 1.29 is 14.6 Å². The summed E-state index contributed by atoms with van der Waals surface area (Å²) in [5.41, 5.74) is 0. The molecule has 0 aliphatic rings. The average Bonchev–Trinajstić information content (AvgIpc) is 2.38. The van der Waals surface area contributed by atoms with Crippen molar-refractivity contribution in [1.29, 1.82) is 0 Å². The van der Waals surface area contributed by atoms with Gasteiger partial charge in [0.1, 0.15) is 18.5 Å². The van der Waals surface area contributed by atoms with Gasteiger partial charge >= 0.3 is 0 Å². The summed E-state index contributed by atoms with van der Waals surface area (Å²) in [7, 11) is 3.66. The molecule has 1 aromatic carbocycles. The monoisotopic (exact) mass is 287 g/mol. The van der Waals surface area contributed by atoms with Crippen molar-refractivity contribution in [1.82, 2.24) is 4.90 Å². The molecule has 0 bridgehead atoms. The lowest BCUT2D eigenvalue weighted by Gasteiger charge is -2.20. The molecule has 0 heterocycles. The highest BCUT2D eigenvalue weighted by Crippen LogP contribution is 2.15. The minimum atomic E-state index is -0.511. The molecule has 0 saturated heterocycles. The molecule has 1 aromatic rings. The number of halogens is 1. The van der Waals surface area contributed by atoms with Crippen molar-refractivity contribution in [2.75, 3.05) is 40.5 Å². The van der Waals surface area contributed by atoms with Gasteiger partial charge in [-0.2, -0.15) is 0 Å². The van der Waals surface area contributed by atoms with Crippen LogP contribution < -0.4 is 4.74 Å². The zero-order valence-electron chi connectivity index (χ0n) is 11.5. The Morgan fingerprint density at radius 2 is 2.00 bits per heavy atom. The Balaban J connectivity index is 2.19. The topological polar surface area (TPSA) is 41.9 Å². The predicted molar refractivity (Wildman–Crippen MR) is 76.9 cm³/mol. The van der Waals surface area contributed by atoms with Crippen LogP contribution in [0.25, 0.3) is 0 Å². The SMILES string of the molecule is COCCCN(C)CC(O)COc1ccc(Cl)cc1. The minimum Gasteiger partial charge on any atom is -0.491 e. The summed E-state index contributed by atoms with van der Waals surface area (Å²) in [5.74, 6) is 0.713. The first-order chi connectivity index (χ1) is 9.11. The second kappa shape index (κ2) is 9.15. The van der Waals surface area contributed by atoms with Gasteiger partial charge in [-0.1, -0.05) is 11.6 Å². The molecule has 1 unspecified atom stereocenters. The van der Waals surface area contributed by atoms with E-state index in [1.165, 1.54) is 0 Å². The second-order valence-corrected chi connectivity index (χ2v) is 4.96. The summed E-state index contributed by atoms with van der Waals surface area (Å²) < 4.78 is 10.5. The number of benzene rings is 1. The van der Waals surface area contributed by atoms with Crippen LogP contribution in [0.4, 0.5) is 0 Å². The number of hydrogen-bond acceptors (Lipinski definition) is 4. The zero-order chi connectivity index (χ0) is 14.1. The highest BCUT2D eigenvalue weighted by Gasteiger charge is 2.09. The van der Waals surface area contributed by atoms with E-state index < -0.39 is 6.10 Å². The molecule has 19 heavy (non-hydrogen) atoms. The van der Waals surface area contributed by atoms with Crippen LogP contribution in [0.15, 0.2) is 24.3 Å². The van der Waals surface area contributed by atoms with Crippen LogP contribution in [-0.4, -0.2) is 56.6 Å². The van der Waals surface area contributed by atoms with E-state index in [2.05, 4.69) is 4.90 Å². The molecule has 0 aromatic heterocycles. The number of likely N-dealkylation sites (N-methyl/N-ethyl adjacent to an activating group) is 1. The van der Waals surface area contributed by atoms with Crippen LogP contribution in [0.2, 0.25) is 5.02 Å². The molecule has 1 atom stereocenters. The normalized spacial score (nSPS) is 12.7. The minimum absolute atomic E-state index is 0.274. The number of nitrogens with zero attached hydrogens (tertiary/aromatic N) is 1. The smallest absolute Gasteiger partial charge is 0.119 e. The first kappa shape index (κ1) is 16.2. The maximum Gasteiger partial charge on any atom is 0.119 e. The maximum atomic E-state index is 9.87. The van der Waals surface area contributed by atoms with E-state index in [0.717, 1.165) is 19.6 Å². The first-order valence-electron chi connectivity index (χ1n) is 6.35. The van der Waals surface area contributed by atoms with Gasteiger partial charge in [0.05, 0.1) is 0 Å². The summed E-state index contributed by atoms with van der Waals surface area (Å²) in [6, 6.07) is 7.11. The van der Waals surface area contributed by atoms with Crippen molar-refractivity contribution in [2.24, 2.45) is 0 Å². The van der Waals surface area contributed by atoms with Gasteiger partial charge in [-0.05, 0) is 37.7 Å².